The van der Waals surface area contributed by atoms with E-state index in [9.17, 15) is 4.79 Å². The molecule has 1 amide bonds. The van der Waals surface area contributed by atoms with Crippen LogP contribution in [-0.2, 0) is 16.9 Å². The lowest BCUT2D eigenvalue weighted by molar-refractivity contribution is 0.154. The van der Waals surface area contributed by atoms with Crippen molar-refractivity contribution >= 4 is 33.4 Å². The number of carbonyl (C=O) groups excluding carboxylic acids is 1. The van der Waals surface area contributed by atoms with Crippen molar-refractivity contribution < 1.29 is 13.9 Å². The molecule has 2 aromatic heterocycles. The molecule has 0 saturated heterocycles. The number of nitrogens with zero attached hydrogens (tertiary/aromatic N) is 3. The second kappa shape index (κ2) is 8.70. The summed E-state index contributed by atoms with van der Waals surface area (Å²) < 4.78 is 12.8. The van der Waals surface area contributed by atoms with Gasteiger partial charge in [-0.1, -0.05) is 36.4 Å². The number of rotatable bonds is 5. The van der Waals surface area contributed by atoms with Crippen molar-refractivity contribution in [2.45, 2.75) is 51.7 Å². The zero-order valence-electron chi connectivity index (χ0n) is 17.8. The van der Waals surface area contributed by atoms with Crippen LogP contribution >= 0.6 is 15.9 Å². The van der Waals surface area contributed by atoms with Gasteiger partial charge in [0.2, 0.25) is 0 Å². The van der Waals surface area contributed by atoms with Gasteiger partial charge in [-0.2, -0.15) is 5.10 Å². The van der Waals surface area contributed by atoms with Crippen LogP contribution in [0.1, 0.15) is 56.5 Å². The Balaban J connectivity index is 1.50. The summed E-state index contributed by atoms with van der Waals surface area (Å²) in [4.78, 5) is 17.0. The number of benzene rings is 1. The van der Waals surface area contributed by atoms with E-state index in [1.165, 1.54) is 0 Å². The Hall–Kier alpha value is -2.87. The fourth-order valence-corrected chi connectivity index (χ4v) is 3.88. The molecule has 1 atom stereocenters. The number of hydrogen-bond donors (Lipinski definition) is 1. The van der Waals surface area contributed by atoms with Crippen molar-refractivity contribution in [3.8, 4) is 0 Å². The number of carbonyl (C=O) groups is 1. The van der Waals surface area contributed by atoms with Crippen LogP contribution in [0.2, 0.25) is 0 Å². The standard InChI is InChI=1S/C23H25BrN4O3/c1-23(2,3)28-20(26-22(29)30-14-15-7-5-4-6-8-15)12-18(27-28)16-9-10-17(11-16)19-13-25-21(24)31-19/h4-8,11-13,16H,9-10,14H2,1-3H3,(H,26,29). The van der Waals surface area contributed by atoms with Crippen molar-refractivity contribution in [1.29, 1.82) is 0 Å². The highest BCUT2D eigenvalue weighted by molar-refractivity contribution is 9.10. The molecule has 0 fully saturated rings. The number of halogens is 1. The first kappa shape index (κ1) is 21.4. The highest BCUT2D eigenvalue weighted by atomic mass is 79.9. The van der Waals surface area contributed by atoms with E-state index in [1.807, 2.05) is 61.9 Å². The second-order valence-corrected chi connectivity index (χ2v) is 9.22. The van der Waals surface area contributed by atoms with Gasteiger partial charge in [-0.25, -0.2) is 14.5 Å². The van der Waals surface area contributed by atoms with E-state index in [4.69, 9.17) is 14.3 Å². The van der Waals surface area contributed by atoms with Crippen molar-refractivity contribution in [3.05, 3.63) is 70.5 Å². The highest BCUT2D eigenvalue weighted by Crippen LogP contribution is 2.39. The Kier molecular flexibility index (Phi) is 6.00. The summed E-state index contributed by atoms with van der Waals surface area (Å²) in [5, 5.41) is 7.68. The summed E-state index contributed by atoms with van der Waals surface area (Å²) >= 11 is 3.25. The maximum atomic E-state index is 12.4. The number of nitrogens with one attached hydrogen (secondary N) is 1. The summed E-state index contributed by atoms with van der Waals surface area (Å²) in [5.74, 6) is 1.53. The van der Waals surface area contributed by atoms with Gasteiger partial charge in [0.15, 0.2) is 5.76 Å². The van der Waals surface area contributed by atoms with Gasteiger partial charge in [-0.15, -0.1) is 0 Å². The van der Waals surface area contributed by atoms with Gasteiger partial charge in [0.25, 0.3) is 4.80 Å². The van der Waals surface area contributed by atoms with Crippen molar-refractivity contribution in [2.75, 3.05) is 5.32 Å². The zero-order chi connectivity index (χ0) is 22.0. The predicted molar refractivity (Wildman–Crippen MR) is 122 cm³/mol. The Morgan fingerprint density at radius 2 is 2.10 bits per heavy atom. The normalized spacial score (nSPS) is 16.3. The van der Waals surface area contributed by atoms with E-state index in [0.717, 1.165) is 35.4 Å². The minimum atomic E-state index is -0.505. The molecule has 1 aliphatic rings. The first-order valence-electron chi connectivity index (χ1n) is 10.2. The Morgan fingerprint density at radius 3 is 2.77 bits per heavy atom. The molecule has 8 heteroatoms. The lowest BCUT2D eigenvalue weighted by atomic mass is 10.1. The number of hydrogen-bond acceptors (Lipinski definition) is 5. The maximum Gasteiger partial charge on any atom is 0.413 e. The lowest BCUT2D eigenvalue weighted by Crippen LogP contribution is -2.27. The van der Waals surface area contributed by atoms with Crippen LogP contribution < -0.4 is 5.32 Å². The molecular formula is C23H25BrN4O3. The fourth-order valence-electron chi connectivity index (χ4n) is 3.61. The van der Waals surface area contributed by atoms with E-state index >= 15 is 0 Å². The van der Waals surface area contributed by atoms with Gasteiger partial charge >= 0.3 is 6.09 Å². The fraction of sp³-hybridized carbons (Fsp3) is 0.348. The molecule has 7 nitrogen and oxygen atoms in total. The lowest BCUT2D eigenvalue weighted by Gasteiger charge is -2.22. The molecule has 0 aliphatic heterocycles. The molecule has 1 aromatic carbocycles. The smallest absolute Gasteiger partial charge is 0.413 e. The van der Waals surface area contributed by atoms with Crippen LogP contribution in [-0.4, -0.2) is 20.9 Å². The molecule has 1 unspecified atom stereocenters. The number of amides is 1. The van der Waals surface area contributed by atoms with Crippen LogP contribution in [0.25, 0.3) is 5.57 Å². The summed E-state index contributed by atoms with van der Waals surface area (Å²) in [6.07, 6.45) is 5.19. The van der Waals surface area contributed by atoms with E-state index in [0.29, 0.717) is 10.6 Å². The van der Waals surface area contributed by atoms with Gasteiger partial charge in [-0.05, 0) is 44.7 Å². The highest BCUT2D eigenvalue weighted by Gasteiger charge is 2.27. The largest absolute Gasteiger partial charge is 0.444 e. The van der Waals surface area contributed by atoms with Crippen LogP contribution in [0.3, 0.4) is 0 Å². The molecule has 3 aromatic rings. The first-order chi connectivity index (χ1) is 14.8. The van der Waals surface area contributed by atoms with Crippen LogP contribution in [0.4, 0.5) is 10.6 Å². The summed E-state index contributed by atoms with van der Waals surface area (Å²) in [6, 6.07) is 11.5. The first-order valence-corrected chi connectivity index (χ1v) is 11.0. The van der Waals surface area contributed by atoms with Gasteiger partial charge in [0.05, 0.1) is 17.4 Å². The van der Waals surface area contributed by atoms with Crippen molar-refractivity contribution in [3.63, 3.8) is 0 Å². The zero-order valence-corrected chi connectivity index (χ0v) is 19.3. The van der Waals surface area contributed by atoms with Crippen molar-refractivity contribution in [1.82, 2.24) is 14.8 Å². The quantitative estimate of drug-likeness (QED) is 0.473. The number of allylic oxidation sites excluding steroid dienone is 2. The summed E-state index contributed by atoms with van der Waals surface area (Å²) in [5.41, 5.74) is 2.65. The van der Waals surface area contributed by atoms with Gasteiger partial charge in [0, 0.05) is 27.9 Å². The van der Waals surface area contributed by atoms with Gasteiger partial charge in [-0.3, -0.25) is 5.32 Å². The van der Waals surface area contributed by atoms with Crippen LogP contribution in [0.5, 0.6) is 0 Å². The number of ether oxygens (including phenoxy) is 1. The van der Waals surface area contributed by atoms with Crippen molar-refractivity contribution in [2.24, 2.45) is 0 Å². The van der Waals surface area contributed by atoms with Crippen LogP contribution in [0, 0.1) is 0 Å². The average Bonchev–Trinajstić information content (AvgIpc) is 3.46. The summed E-state index contributed by atoms with van der Waals surface area (Å²) in [7, 11) is 0. The molecule has 1 aliphatic carbocycles. The average molecular weight is 485 g/mol. The van der Waals surface area contributed by atoms with Crippen LogP contribution in [0.15, 0.2) is 57.9 Å². The minimum Gasteiger partial charge on any atom is -0.444 e. The third-order valence-electron chi connectivity index (χ3n) is 5.11. The molecular weight excluding hydrogens is 460 g/mol. The summed E-state index contributed by atoms with van der Waals surface area (Å²) in [6.45, 7) is 6.36. The molecule has 162 valence electrons. The number of anilines is 1. The monoisotopic (exact) mass is 484 g/mol. The molecule has 31 heavy (non-hydrogen) atoms. The van der Waals surface area contributed by atoms with E-state index in [1.54, 1.807) is 6.20 Å². The predicted octanol–water partition coefficient (Wildman–Crippen LogP) is 6.10. The molecule has 0 saturated carbocycles. The maximum absolute atomic E-state index is 12.4. The Bertz CT molecular complexity index is 1100. The van der Waals surface area contributed by atoms with E-state index in [2.05, 4.69) is 32.3 Å². The molecule has 2 heterocycles. The van der Waals surface area contributed by atoms with E-state index in [-0.39, 0.29) is 18.1 Å². The molecule has 4 rings (SSSR count). The molecule has 0 spiro atoms. The second-order valence-electron chi connectivity index (χ2n) is 8.54. The number of oxazole rings is 1. The van der Waals surface area contributed by atoms with E-state index < -0.39 is 6.09 Å². The number of aromatic nitrogens is 3. The Morgan fingerprint density at radius 1 is 1.32 bits per heavy atom. The molecule has 0 bridgehead atoms. The van der Waals surface area contributed by atoms with Gasteiger partial charge in [0.1, 0.15) is 12.4 Å². The molecule has 1 N–H and O–H groups in total. The Labute approximate surface area is 189 Å². The third kappa shape index (κ3) is 5.07. The molecule has 0 radical (unpaired) electrons. The van der Waals surface area contributed by atoms with Gasteiger partial charge < -0.3 is 9.15 Å². The topological polar surface area (TPSA) is 82.2 Å². The SMILES string of the molecule is CC(C)(C)n1nc(C2C=C(c3cnc(Br)o3)CC2)cc1NC(=O)OCc1ccccc1. The third-order valence-corrected chi connectivity index (χ3v) is 5.47. The minimum absolute atomic E-state index is 0.142.